The molecule has 2 heterocycles. The Balaban J connectivity index is 1.59. The van der Waals surface area contributed by atoms with Crippen LogP contribution in [0.25, 0.3) is 0 Å². The summed E-state index contributed by atoms with van der Waals surface area (Å²) in [7, 11) is 0. The van der Waals surface area contributed by atoms with Crippen LogP contribution in [0, 0.1) is 19.7 Å². The quantitative estimate of drug-likeness (QED) is 0.698. The summed E-state index contributed by atoms with van der Waals surface area (Å²) in [6.07, 6.45) is 0. The predicted octanol–water partition coefficient (Wildman–Crippen LogP) is 3.96. The maximum absolute atomic E-state index is 13.2. The largest absolute Gasteiger partial charge is 0.338 e. The van der Waals surface area contributed by atoms with Crippen molar-refractivity contribution in [2.45, 2.75) is 33.4 Å². The van der Waals surface area contributed by atoms with Crippen LogP contribution in [0.4, 0.5) is 4.39 Å². The molecule has 0 saturated carbocycles. The number of piperazine rings is 1. The van der Waals surface area contributed by atoms with Gasteiger partial charge in [0.25, 0.3) is 0 Å². The molecule has 5 nitrogen and oxygen atoms in total. The molecule has 1 fully saturated rings. The van der Waals surface area contributed by atoms with Crippen molar-refractivity contribution in [3.05, 3.63) is 50.5 Å². The molecule has 0 aliphatic carbocycles. The van der Waals surface area contributed by atoms with E-state index >= 15 is 0 Å². The van der Waals surface area contributed by atoms with Gasteiger partial charge in [-0.3, -0.25) is 14.4 Å². The lowest BCUT2D eigenvalue weighted by molar-refractivity contribution is -0.136. The van der Waals surface area contributed by atoms with Gasteiger partial charge in [-0.05, 0) is 54.4 Å². The van der Waals surface area contributed by atoms with Crippen molar-refractivity contribution in [2.75, 3.05) is 26.2 Å². The molecule has 0 spiro atoms. The monoisotopic (exact) mass is 456 g/mol. The Morgan fingerprint density at radius 1 is 1.30 bits per heavy atom. The van der Waals surface area contributed by atoms with Gasteiger partial charge in [0.1, 0.15) is 11.9 Å². The summed E-state index contributed by atoms with van der Waals surface area (Å²) in [4.78, 5) is 17.0. The molecule has 1 unspecified atom stereocenters. The minimum atomic E-state index is -0.340. The van der Waals surface area contributed by atoms with E-state index in [2.05, 4.69) is 25.9 Å². The van der Waals surface area contributed by atoms with Crippen molar-refractivity contribution in [1.29, 1.82) is 0 Å². The highest BCUT2D eigenvalue weighted by Gasteiger charge is 2.28. The van der Waals surface area contributed by atoms with Crippen LogP contribution in [-0.4, -0.2) is 51.7 Å². The van der Waals surface area contributed by atoms with Crippen LogP contribution in [0.1, 0.15) is 29.9 Å². The van der Waals surface area contributed by atoms with Crippen LogP contribution in [0.3, 0.4) is 0 Å². The second kappa shape index (κ2) is 8.29. The average Bonchev–Trinajstić information content (AvgIpc) is 2.91. The van der Waals surface area contributed by atoms with E-state index in [1.165, 1.54) is 12.1 Å². The summed E-state index contributed by atoms with van der Waals surface area (Å²) >= 11 is 9.64. The molecule has 1 aromatic heterocycles. The van der Waals surface area contributed by atoms with E-state index in [0.29, 0.717) is 24.7 Å². The Bertz CT molecular complexity index is 848. The highest BCUT2D eigenvalue weighted by Crippen LogP contribution is 2.24. The number of aryl methyl sites for hydroxylation is 1. The first-order valence-electron chi connectivity index (χ1n) is 8.94. The number of hydrogen-bond donors (Lipinski definition) is 0. The number of aromatic nitrogens is 2. The van der Waals surface area contributed by atoms with Gasteiger partial charge in [0.15, 0.2) is 0 Å². The highest BCUT2D eigenvalue weighted by molar-refractivity contribution is 9.10. The molecule has 0 N–H and O–H groups in total. The second-order valence-electron chi connectivity index (χ2n) is 6.94. The van der Waals surface area contributed by atoms with E-state index in [-0.39, 0.29) is 17.8 Å². The SMILES string of the molecule is Cc1nn(C(C)C(=O)N2CCN(Cc3ccc(F)cc3Cl)CC2)c(C)c1Br. The van der Waals surface area contributed by atoms with Gasteiger partial charge in [-0.15, -0.1) is 0 Å². The Labute approximate surface area is 172 Å². The van der Waals surface area contributed by atoms with Gasteiger partial charge < -0.3 is 4.90 Å². The Kier molecular flexibility index (Phi) is 6.23. The van der Waals surface area contributed by atoms with Crippen molar-refractivity contribution in [1.82, 2.24) is 19.6 Å². The van der Waals surface area contributed by atoms with Crippen LogP contribution in [0.2, 0.25) is 5.02 Å². The lowest BCUT2D eigenvalue weighted by Gasteiger charge is -2.36. The second-order valence-corrected chi connectivity index (χ2v) is 8.14. The van der Waals surface area contributed by atoms with E-state index < -0.39 is 0 Å². The molecule has 1 aliphatic rings. The number of carbonyl (C=O) groups is 1. The van der Waals surface area contributed by atoms with E-state index in [1.54, 1.807) is 10.7 Å². The minimum absolute atomic E-state index is 0.0764. The van der Waals surface area contributed by atoms with E-state index in [9.17, 15) is 9.18 Å². The van der Waals surface area contributed by atoms with Crippen molar-refractivity contribution in [3.8, 4) is 0 Å². The molecular weight excluding hydrogens is 435 g/mol. The number of halogens is 3. The van der Waals surface area contributed by atoms with Crippen LogP contribution >= 0.6 is 27.5 Å². The fourth-order valence-corrected chi connectivity index (χ4v) is 3.89. The molecule has 0 bridgehead atoms. The molecule has 1 atom stereocenters. The number of benzene rings is 1. The summed E-state index contributed by atoms with van der Waals surface area (Å²) in [5, 5.41) is 4.92. The van der Waals surface area contributed by atoms with Crippen LogP contribution in [-0.2, 0) is 11.3 Å². The van der Waals surface area contributed by atoms with Gasteiger partial charge >= 0.3 is 0 Å². The number of rotatable bonds is 4. The number of amides is 1. The van der Waals surface area contributed by atoms with Crippen LogP contribution in [0.15, 0.2) is 22.7 Å². The molecule has 2 aromatic rings. The lowest BCUT2D eigenvalue weighted by atomic mass is 10.2. The molecular formula is C19H23BrClFN4O. The smallest absolute Gasteiger partial charge is 0.247 e. The summed E-state index contributed by atoms with van der Waals surface area (Å²) < 4.78 is 15.9. The van der Waals surface area contributed by atoms with E-state index in [0.717, 1.165) is 34.5 Å². The summed E-state index contributed by atoms with van der Waals surface area (Å²) in [6.45, 7) is 9.24. The molecule has 1 saturated heterocycles. The van der Waals surface area contributed by atoms with Gasteiger partial charge in [-0.2, -0.15) is 5.10 Å². The van der Waals surface area contributed by atoms with Gasteiger partial charge in [-0.1, -0.05) is 17.7 Å². The molecule has 8 heteroatoms. The third-order valence-corrected chi connectivity index (χ3v) is 6.55. The van der Waals surface area contributed by atoms with E-state index in [4.69, 9.17) is 11.6 Å². The Morgan fingerprint density at radius 2 is 1.96 bits per heavy atom. The first-order valence-corrected chi connectivity index (χ1v) is 10.1. The fourth-order valence-electron chi connectivity index (χ4n) is 3.41. The first-order chi connectivity index (χ1) is 12.8. The van der Waals surface area contributed by atoms with Gasteiger partial charge in [0.05, 0.1) is 15.9 Å². The lowest BCUT2D eigenvalue weighted by Crippen LogP contribution is -2.50. The summed E-state index contributed by atoms with van der Waals surface area (Å²) in [5.74, 6) is -0.253. The molecule has 27 heavy (non-hydrogen) atoms. The molecule has 1 amide bonds. The zero-order chi connectivity index (χ0) is 19.7. The third kappa shape index (κ3) is 4.36. The molecule has 1 aromatic carbocycles. The first kappa shape index (κ1) is 20.3. The van der Waals surface area contributed by atoms with Crippen molar-refractivity contribution >= 4 is 33.4 Å². The third-order valence-electron chi connectivity index (χ3n) is 5.05. The van der Waals surface area contributed by atoms with Gasteiger partial charge in [0, 0.05) is 37.7 Å². The Hall–Kier alpha value is -1.44. The molecule has 146 valence electrons. The maximum Gasteiger partial charge on any atom is 0.247 e. The minimum Gasteiger partial charge on any atom is -0.338 e. The number of carbonyl (C=O) groups excluding carboxylic acids is 1. The van der Waals surface area contributed by atoms with E-state index in [1.807, 2.05) is 25.7 Å². The number of hydrogen-bond acceptors (Lipinski definition) is 3. The highest BCUT2D eigenvalue weighted by atomic mass is 79.9. The summed E-state index contributed by atoms with van der Waals surface area (Å²) in [5.41, 5.74) is 2.74. The summed E-state index contributed by atoms with van der Waals surface area (Å²) in [6, 6.07) is 4.14. The topological polar surface area (TPSA) is 41.4 Å². The van der Waals surface area contributed by atoms with Crippen molar-refractivity contribution < 1.29 is 9.18 Å². The van der Waals surface area contributed by atoms with Crippen LogP contribution < -0.4 is 0 Å². The molecule has 1 aliphatic heterocycles. The zero-order valence-corrected chi connectivity index (χ0v) is 18.0. The predicted molar refractivity (Wildman–Crippen MR) is 107 cm³/mol. The van der Waals surface area contributed by atoms with Crippen molar-refractivity contribution in [3.63, 3.8) is 0 Å². The zero-order valence-electron chi connectivity index (χ0n) is 15.7. The fraction of sp³-hybridized carbons (Fsp3) is 0.474. The molecule has 0 radical (unpaired) electrons. The Morgan fingerprint density at radius 3 is 2.52 bits per heavy atom. The maximum atomic E-state index is 13.2. The molecule has 3 rings (SSSR count). The number of nitrogens with zero attached hydrogens (tertiary/aromatic N) is 4. The van der Waals surface area contributed by atoms with Gasteiger partial charge in [-0.25, -0.2) is 4.39 Å². The standard InChI is InChI=1S/C19H23BrClFN4O/c1-12-18(20)13(2)26(23-12)14(3)19(27)25-8-6-24(7-9-25)11-15-4-5-16(22)10-17(15)21/h4-5,10,14H,6-9,11H2,1-3H3. The average molecular weight is 458 g/mol. The van der Waals surface area contributed by atoms with Crippen molar-refractivity contribution in [2.24, 2.45) is 0 Å². The van der Waals surface area contributed by atoms with Crippen LogP contribution in [0.5, 0.6) is 0 Å². The van der Waals surface area contributed by atoms with Gasteiger partial charge in [0.2, 0.25) is 5.91 Å². The normalized spacial score (nSPS) is 16.6.